The van der Waals surface area contributed by atoms with E-state index in [4.69, 9.17) is 5.84 Å². The second kappa shape index (κ2) is 7.72. The highest BCUT2D eigenvalue weighted by atomic mass is 79.9. The van der Waals surface area contributed by atoms with Crippen molar-refractivity contribution in [3.8, 4) is 0 Å². The van der Waals surface area contributed by atoms with Crippen molar-refractivity contribution in [2.45, 2.75) is 0 Å². The zero-order chi connectivity index (χ0) is 13.4. The molecule has 0 aliphatic rings. The minimum absolute atomic E-state index is 0.431. The van der Waals surface area contributed by atoms with E-state index >= 15 is 0 Å². The molecule has 2 aromatic rings. The standard InChI is InChI=1S/C8H7BrN4.C3H7NO/c9-8-7(11-10)5-3-1-2-4-6(5)12-13-8;1-2-3-5-4/h1-4H,10H2,(H,11,12);2H,1,3-4H2. The van der Waals surface area contributed by atoms with Gasteiger partial charge in [0.1, 0.15) is 0 Å². The molecule has 1 aromatic heterocycles. The topological polar surface area (TPSA) is 99.1 Å². The van der Waals surface area contributed by atoms with Gasteiger partial charge in [-0.25, -0.2) is 5.90 Å². The molecule has 6 nitrogen and oxygen atoms in total. The van der Waals surface area contributed by atoms with Crippen LogP contribution in [0.15, 0.2) is 41.5 Å². The number of benzene rings is 1. The summed E-state index contributed by atoms with van der Waals surface area (Å²) in [5.41, 5.74) is 4.16. The first-order chi connectivity index (χ1) is 8.74. The lowest BCUT2D eigenvalue weighted by molar-refractivity contribution is 0.168. The molecule has 0 fully saturated rings. The number of nitrogen functional groups attached to an aromatic ring is 1. The van der Waals surface area contributed by atoms with Gasteiger partial charge in [-0.05, 0) is 22.0 Å². The molecule has 0 atom stereocenters. The van der Waals surface area contributed by atoms with Gasteiger partial charge in [-0.3, -0.25) is 5.84 Å². The Morgan fingerprint density at radius 3 is 2.67 bits per heavy atom. The van der Waals surface area contributed by atoms with Gasteiger partial charge in [-0.1, -0.05) is 24.3 Å². The Morgan fingerprint density at radius 1 is 1.39 bits per heavy atom. The number of anilines is 1. The smallest absolute Gasteiger partial charge is 0.153 e. The highest BCUT2D eigenvalue weighted by Crippen LogP contribution is 2.26. The third kappa shape index (κ3) is 3.74. The van der Waals surface area contributed by atoms with Crippen molar-refractivity contribution in [1.29, 1.82) is 0 Å². The Labute approximate surface area is 113 Å². The average Bonchev–Trinajstić information content (AvgIpc) is 2.40. The minimum Gasteiger partial charge on any atom is -0.321 e. The predicted molar refractivity (Wildman–Crippen MR) is 75.4 cm³/mol. The Kier molecular flexibility index (Phi) is 6.23. The maximum atomic E-state index is 5.37. The largest absolute Gasteiger partial charge is 0.321 e. The van der Waals surface area contributed by atoms with Gasteiger partial charge in [-0.15, -0.1) is 16.8 Å². The predicted octanol–water partition coefficient (Wildman–Crippen LogP) is 1.74. The first kappa shape index (κ1) is 14.5. The first-order valence-corrected chi connectivity index (χ1v) is 5.84. The van der Waals surface area contributed by atoms with Crippen molar-refractivity contribution in [2.75, 3.05) is 12.0 Å². The van der Waals surface area contributed by atoms with E-state index in [9.17, 15) is 0 Å². The van der Waals surface area contributed by atoms with Crippen LogP contribution in [0.25, 0.3) is 10.9 Å². The van der Waals surface area contributed by atoms with Crippen LogP contribution in [0, 0.1) is 0 Å². The molecule has 2 rings (SSSR count). The highest BCUT2D eigenvalue weighted by molar-refractivity contribution is 9.10. The molecule has 0 saturated carbocycles. The van der Waals surface area contributed by atoms with Crippen molar-refractivity contribution in [2.24, 2.45) is 11.7 Å². The van der Waals surface area contributed by atoms with E-state index in [1.54, 1.807) is 6.08 Å². The molecular weight excluding hydrogens is 298 g/mol. The number of hydrazine groups is 1. The molecule has 0 aliphatic carbocycles. The summed E-state index contributed by atoms with van der Waals surface area (Å²) in [6.45, 7) is 3.78. The SMILES string of the molecule is C=CCON.NNc1c(Br)nnc2ccccc12. The second-order valence-corrected chi connectivity index (χ2v) is 3.90. The second-order valence-electron chi connectivity index (χ2n) is 3.15. The summed E-state index contributed by atoms with van der Waals surface area (Å²) >= 11 is 3.26. The fraction of sp³-hybridized carbons (Fsp3) is 0.0909. The molecular formula is C11H14BrN5O. The van der Waals surface area contributed by atoms with Crippen LogP contribution in [0.4, 0.5) is 5.69 Å². The van der Waals surface area contributed by atoms with Gasteiger partial charge in [0, 0.05) is 5.39 Å². The van der Waals surface area contributed by atoms with Crippen LogP contribution in [-0.4, -0.2) is 16.8 Å². The molecule has 96 valence electrons. The maximum Gasteiger partial charge on any atom is 0.153 e. The third-order valence-electron chi connectivity index (χ3n) is 1.98. The lowest BCUT2D eigenvalue weighted by atomic mass is 10.2. The number of nitrogens with zero attached hydrogens (tertiary/aromatic N) is 2. The summed E-state index contributed by atoms with van der Waals surface area (Å²) < 4.78 is 0.619. The van der Waals surface area contributed by atoms with Gasteiger partial charge in [0.25, 0.3) is 0 Å². The highest BCUT2D eigenvalue weighted by Gasteiger charge is 2.05. The summed E-state index contributed by atoms with van der Waals surface area (Å²) in [6, 6.07) is 7.65. The Morgan fingerprint density at radius 2 is 2.11 bits per heavy atom. The van der Waals surface area contributed by atoms with E-state index < -0.39 is 0 Å². The van der Waals surface area contributed by atoms with Gasteiger partial charge in [0.2, 0.25) is 0 Å². The Bertz CT molecular complexity index is 520. The number of hydrogen-bond acceptors (Lipinski definition) is 6. The fourth-order valence-corrected chi connectivity index (χ4v) is 1.64. The van der Waals surface area contributed by atoms with Gasteiger partial charge >= 0.3 is 0 Å². The molecule has 7 heteroatoms. The summed E-state index contributed by atoms with van der Waals surface area (Å²) in [6.07, 6.45) is 1.58. The van der Waals surface area contributed by atoms with E-state index in [1.165, 1.54) is 0 Å². The molecule has 0 spiro atoms. The normalized spacial score (nSPS) is 9.50. The van der Waals surface area contributed by atoms with Crippen LogP contribution in [0.2, 0.25) is 0 Å². The Hall–Kier alpha value is -1.54. The lowest BCUT2D eigenvalue weighted by Gasteiger charge is -2.05. The number of halogens is 1. The van der Waals surface area contributed by atoms with Crippen molar-refractivity contribution in [3.63, 3.8) is 0 Å². The van der Waals surface area contributed by atoms with Crippen LogP contribution < -0.4 is 17.2 Å². The van der Waals surface area contributed by atoms with E-state index in [0.717, 1.165) is 16.6 Å². The van der Waals surface area contributed by atoms with Crippen molar-refractivity contribution in [1.82, 2.24) is 10.2 Å². The van der Waals surface area contributed by atoms with Gasteiger partial charge < -0.3 is 10.3 Å². The first-order valence-electron chi connectivity index (χ1n) is 5.04. The van der Waals surface area contributed by atoms with E-state index in [0.29, 0.717) is 11.2 Å². The fourth-order valence-electron chi connectivity index (χ4n) is 1.24. The monoisotopic (exact) mass is 311 g/mol. The quantitative estimate of drug-likeness (QED) is 0.453. The number of hydrogen-bond donors (Lipinski definition) is 3. The van der Waals surface area contributed by atoms with Gasteiger partial charge in [-0.2, -0.15) is 0 Å². The van der Waals surface area contributed by atoms with Crippen LogP contribution in [-0.2, 0) is 4.84 Å². The molecule has 5 N–H and O–H groups in total. The molecule has 1 aromatic carbocycles. The number of aromatic nitrogens is 2. The number of nitrogens with one attached hydrogen (secondary N) is 1. The van der Waals surface area contributed by atoms with E-state index in [2.05, 4.69) is 48.9 Å². The Balaban J connectivity index is 0.000000280. The van der Waals surface area contributed by atoms with E-state index in [1.807, 2.05) is 24.3 Å². The summed E-state index contributed by atoms with van der Waals surface area (Å²) in [7, 11) is 0. The third-order valence-corrected chi connectivity index (χ3v) is 2.54. The molecule has 0 bridgehead atoms. The average molecular weight is 312 g/mol. The molecule has 0 amide bonds. The van der Waals surface area contributed by atoms with Crippen molar-refractivity contribution >= 4 is 32.5 Å². The number of nitrogens with two attached hydrogens (primary N) is 2. The van der Waals surface area contributed by atoms with Gasteiger partial charge in [0.15, 0.2) is 4.60 Å². The van der Waals surface area contributed by atoms with Crippen LogP contribution >= 0.6 is 15.9 Å². The molecule has 0 radical (unpaired) electrons. The molecule has 0 saturated heterocycles. The van der Waals surface area contributed by atoms with Crippen LogP contribution in [0.3, 0.4) is 0 Å². The molecule has 1 heterocycles. The molecule has 18 heavy (non-hydrogen) atoms. The summed E-state index contributed by atoms with van der Waals surface area (Å²) in [4.78, 5) is 4.07. The summed E-state index contributed by atoms with van der Waals surface area (Å²) in [5.74, 6) is 9.94. The molecule has 0 aliphatic heterocycles. The number of fused-ring (bicyclic) bond motifs is 1. The van der Waals surface area contributed by atoms with Crippen molar-refractivity contribution in [3.05, 3.63) is 41.5 Å². The number of rotatable bonds is 3. The molecule has 0 unspecified atom stereocenters. The summed E-state index contributed by atoms with van der Waals surface area (Å²) in [5, 5.41) is 8.85. The minimum atomic E-state index is 0.431. The lowest BCUT2D eigenvalue weighted by Crippen LogP contribution is -2.09. The van der Waals surface area contributed by atoms with Gasteiger partial charge in [0.05, 0.1) is 17.8 Å². The van der Waals surface area contributed by atoms with E-state index in [-0.39, 0.29) is 0 Å². The maximum absolute atomic E-state index is 5.37. The van der Waals surface area contributed by atoms with Crippen molar-refractivity contribution < 1.29 is 4.84 Å². The zero-order valence-electron chi connectivity index (χ0n) is 9.64. The van der Waals surface area contributed by atoms with Crippen LogP contribution in [0.5, 0.6) is 0 Å². The van der Waals surface area contributed by atoms with Crippen LogP contribution in [0.1, 0.15) is 0 Å². The zero-order valence-corrected chi connectivity index (χ0v) is 11.2.